The molecule has 0 aromatic rings. The number of carboxylic acid groups (broad SMARTS) is 1. The number of carbonyl (C=O) groups excluding carboxylic acids is 1. The third kappa shape index (κ3) is 8.55. The van der Waals surface area contributed by atoms with Crippen LogP contribution in [0.15, 0.2) is 0 Å². The molecule has 0 heterocycles. The van der Waals surface area contributed by atoms with Crippen LogP contribution in [-0.2, 0) is 0 Å². The summed E-state index contributed by atoms with van der Waals surface area (Å²) in [6, 6.07) is 0. The minimum Gasteiger partial charge on any atom is -0.528 e. The zero-order valence-electron chi connectivity index (χ0n) is 7.93. The van der Waals surface area contributed by atoms with E-state index in [1.54, 1.807) is 0 Å². The van der Waals surface area contributed by atoms with Gasteiger partial charge in [-0.3, -0.25) is 0 Å². The molecule has 1 amide bonds. The largest absolute Gasteiger partial charge is 1.00 e. The van der Waals surface area contributed by atoms with Crippen LogP contribution in [0.3, 0.4) is 0 Å². The van der Waals surface area contributed by atoms with Crippen LogP contribution in [-0.4, -0.2) is 21.5 Å². The average Bonchev–Trinajstić information content (AvgIpc) is 2.03. The Labute approximate surface area is 133 Å². The van der Waals surface area contributed by atoms with Crippen LogP contribution in [0, 0.1) is 0 Å². The van der Waals surface area contributed by atoms with Crippen molar-refractivity contribution in [1.29, 1.82) is 0 Å². The van der Waals surface area contributed by atoms with Crippen molar-refractivity contribution >= 4 is 31.7 Å². The van der Waals surface area contributed by atoms with E-state index in [9.17, 15) is 9.90 Å². The van der Waals surface area contributed by atoms with Crippen molar-refractivity contribution in [2.75, 3.05) is 6.54 Å². The molecule has 0 bridgehead atoms. The van der Waals surface area contributed by atoms with Crippen LogP contribution >= 0.6 is 25.6 Å². The number of amides is 1. The topological polar surface area (TPSA) is 46.6 Å². The van der Waals surface area contributed by atoms with E-state index >= 15 is 0 Å². The predicted octanol–water partition coefficient (Wildman–Crippen LogP) is -2.27. The van der Waals surface area contributed by atoms with E-state index in [0.29, 0.717) is 11.0 Å². The standard InChI is InChI=1S/C6H14N2O2S2.K/c1-2-3-4-5-7(11)8(12)6(9)10;/h11-12H,2-5H2,1H3,(H,9,10);/q;+1/p-1. The molecule has 13 heavy (non-hydrogen) atoms. The van der Waals surface area contributed by atoms with Gasteiger partial charge < -0.3 is 9.90 Å². The fourth-order valence-electron chi connectivity index (χ4n) is 0.692. The summed E-state index contributed by atoms with van der Waals surface area (Å²) < 4.78 is 1.85. The molecule has 0 spiro atoms. The normalized spacial score (nSPS) is 9.54. The molecule has 7 heteroatoms. The zero-order valence-corrected chi connectivity index (χ0v) is 12.8. The molecule has 0 N–H and O–H groups in total. The second kappa shape index (κ2) is 10.1. The van der Waals surface area contributed by atoms with Gasteiger partial charge in [-0.05, 0) is 19.2 Å². The predicted molar refractivity (Wildman–Crippen MR) is 51.4 cm³/mol. The molecule has 0 aliphatic heterocycles. The van der Waals surface area contributed by atoms with Crippen molar-refractivity contribution < 1.29 is 61.3 Å². The Bertz CT molecular complexity index is 151. The van der Waals surface area contributed by atoms with Gasteiger partial charge in [0.25, 0.3) is 0 Å². The molecule has 4 nitrogen and oxygen atoms in total. The van der Waals surface area contributed by atoms with Crippen LogP contribution in [0.4, 0.5) is 4.79 Å². The molecule has 0 aliphatic carbocycles. The van der Waals surface area contributed by atoms with Crippen LogP contribution in [0.25, 0.3) is 0 Å². The number of nitrogens with zero attached hydrogens (tertiary/aromatic N) is 2. The first-order chi connectivity index (χ1) is 5.59. The quantitative estimate of drug-likeness (QED) is 0.250. The monoisotopic (exact) mass is 248 g/mol. The van der Waals surface area contributed by atoms with Gasteiger partial charge in [0, 0.05) is 6.54 Å². The molecule has 0 aromatic heterocycles. The molecule has 0 unspecified atom stereocenters. The summed E-state index contributed by atoms with van der Waals surface area (Å²) >= 11 is 7.54. The van der Waals surface area contributed by atoms with E-state index in [4.69, 9.17) is 0 Å². The molecule has 0 aromatic carbocycles. The molecular weight excluding hydrogens is 235 g/mol. The van der Waals surface area contributed by atoms with Gasteiger partial charge in [0.2, 0.25) is 0 Å². The number of unbranched alkanes of at least 4 members (excludes halogenated alkanes) is 2. The first kappa shape index (κ1) is 17.0. The van der Waals surface area contributed by atoms with E-state index in [1.165, 1.54) is 4.41 Å². The minimum absolute atomic E-state index is 0. The minimum atomic E-state index is -1.37. The van der Waals surface area contributed by atoms with E-state index in [2.05, 4.69) is 32.6 Å². The van der Waals surface area contributed by atoms with Crippen LogP contribution in [0.2, 0.25) is 0 Å². The Kier molecular flexibility index (Phi) is 13.2. The third-order valence-electron chi connectivity index (χ3n) is 1.34. The fourth-order valence-corrected chi connectivity index (χ4v) is 0.996. The van der Waals surface area contributed by atoms with Gasteiger partial charge in [-0.2, -0.15) is 4.41 Å². The van der Waals surface area contributed by atoms with Crippen molar-refractivity contribution in [3.63, 3.8) is 0 Å². The van der Waals surface area contributed by atoms with Gasteiger partial charge in [-0.25, -0.2) is 4.41 Å². The number of thiol groups is 2. The Morgan fingerprint density at radius 2 is 1.92 bits per heavy atom. The Balaban J connectivity index is 0. The van der Waals surface area contributed by atoms with Crippen molar-refractivity contribution in [3.8, 4) is 0 Å². The van der Waals surface area contributed by atoms with Crippen molar-refractivity contribution in [3.05, 3.63) is 0 Å². The third-order valence-corrected chi connectivity index (χ3v) is 2.24. The summed E-state index contributed by atoms with van der Waals surface area (Å²) in [6.07, 6.45) is 1.65. The molecule has 0 rings (SSSR count). The van der Waals surface area contributed by atoms with E-state index in [1.807, 2.05) is 0 Å². The van der Waals surface area contributed by atoms with Gasteiger partial charge in [0.1, 0.15) is 0 Å². The molecule has 0 saturated carbocycles. The molecule has 0 fully saturated rings. The van der Waals surface area contributed by atoms with Gasteiger partial charge in [0.05, 0.1) is 0 Å². The number of hydrogen-bond donors (Lipinski definition) is 2. The van der Waals surface area contributed by atoms with Gasteiger partial charge in [-0.15, -0.1) is 0 Å². The maximum atomic E-state index is 10.2. The summed E-state index contributed by atoms with van der Waals surface area (Å²) in [5.41, 5.74) is 0. The van der Waals surface area contributed by atoms with Crippen LogP contribution in [0.5, 0.6) is 0 Å². The average molecular weight is 248 g/mol. The maximum Gasteiger partial charge on any atom is 1.00 e. The second-order valence-electron chi connectivity index (χ2n) is 2.36. The van der Waals surface area contributed by atoms with Crippen molar-refractivity contribution in [1.82, 2.24) is 8.83 Å². The second-order valence-corrected chi connectivity index (χ2v) is 3.20. The zero-order chi connectivity index (χ0) is 9.56. The van der Waals surface area contributed by atoms with E-state index in [-0.39, 0.29) is 51.4 Å². The summed E-state index contributed by atoms with van der Waals surface area (Å²) in [5.74, 6) is 0. The molecule has 72 valence electrons. The smallest absolute Gasteiger partial charge is 0.528 e. The molecular formula is C6H13KN2O2S2. The number of rotatable bonds is 5. The maximum absolute atomic E-state index is 10.2. The van der Waals surface area contributed by atoms with Crippen molar-refractivity contribution in [2.24, 2.45) is 0 Å². The summed E-state index contributed by atoms with van der Waals surface area (Å²) in [7, 11) is 0. The van der Waals surface area contributed by atoms with Crippen molar-refractivity contribution in [2.45, 2.75) is 26.2 Å². The summed E-state index contributed by atoms with van der Waals surface area (Å²) in [4.78, 5) is 10.2. The SMILES string of the molecule is CCCCCN(S)N(S)C(=O)[O-].[K+]. The first-order valence-corrected chi connectivity index (χ1v) is 4.56. The van der Waals surface area contributed by atoms with Crippen LogP contribution in [0.1, 0.15) is 26.2 Å². The Hall–Kier alpha value is 1.57. The molecule has 0 radical (unpaired) electrons. The first-order valence-electron chi connectivity index (χ1n) is 3.76. The van der Waals surface area contributed by atoms with Gasteiger partial charge in [0.15, 0.2) is 6.09 Å². The molecule has 0 aliphatic rings. The number of carbonyl (C=O) groups is 1. The fraction of sp³-hybridized carbons (Fsp3) is 0.833. The summed E-state index contributed by atoms with van der Waals surface area (Å²) in [5, 5.41) is 10.2. The van der Waals surface area contributed by atoms with Gasteiger partial charge in [-0.1, -0.05) is 32.6 Å². The van der Waals surface area contributed by atoms with E-state index in [0.717, 1.165) is 19.3 Å². The van der Waals surface area contributed by atoms with E-state index < -0.39 is 6.09 Å². The van der Waals surface area contributed by atoms with Gasteiger partial charge >= 0.3 is 51.4 Å². The van der Waals surface area contributed by atoms with Crippen LogP contribution < -0.4 is 56.5 Å². The summed E-state index contributed by atoms with van der Waals surface area (Å²) in [6.45, 7) is 2.62. The number of hydrogen-bond acceptors (Lipinski definition) is 5. The Morgan fingerprint density at radius 1 is 1.38 bits per heavy atom. The number of hydrazine groups is 1. The molecule has 0 saturated heterocycles. The molecule has 0 atom stereocenters. The Morgan fingerprint density at radius 3 is 2.31 bits per heavy atom.